The summed E-state index contributed by atoms with van der Waals surface area (Å²) >= 11 is 0. The fourth-order valence-corrected chi connectivity index (χ4v) is 10.0. The van der Waals surface area contributed by atoms with Crippen molar-refractivity contribution in [1.29, 1.82) is 0 Å². The third kappa shape index (κ3) is 4.69. The summed E-state index contributed by atoms with van der Waals surface area (Å²) in [7, 11) is -4.35. The molecular formula is C27H48O4S. The van der Waals surface area contributed by atoms with E-state index in [1.807, 2.05) is 0 Å². The Morgan fingerprint density at radius 1 is 0.906 bits per heavy atom. The van der Waals surface area contributed by atoms with Crippen LogP contribution in [0, 0.1) is 52.3 Å². The molecule has 0 spiro atoms. The Bertz CT molecular complexity index is 764. The normalized spacial score (nSPS) is 45.2. The van der Waals surface area contributed by atoms with E-state index >= 15 is 0 Å². The number of hydrogen-bond donors (Lipinski definition) is 1. The van der Waals surface area contributed by atoms with Gasteiger partial charge in [0, 0.05) is 0 Å². The van der Waals surface area contributed by atoms with E-state index in [0.29, 0.717) is 16.7 Å². The topological polar surface area (TPSA) is 63.6 Å². The zero-order valence-electron chi connectivity index (χ0n) is 21.2. The van der Waals surface area contributed by atoms with E-state index in [1.54, 1.807) is 0 Å². The van der Waals surface area contributed by atoms with Crippen LogP contribution < -0.4 is 0 Å². The molecule has 0 amide bonds. The van der Waals surface area contributed by atoms with Crippen LogP contribution >= 0.6 is 0 Å². The molecule has 4 nitrogen and oxygen atoms in total. The first-order valence-corrected chi connectivity index (χ1v) is 15.0. The van der Waals surface area contributed by atoms with Gasteiger partial charge in [-0.15, -0.1) is 0 Å². The maximum atomic E-state index is 11.2. The van der Waals surface area contributed by atoms with Crippen molar-refractivity contribution in [2.45, 2.75) is 118 Å². The lowest BCUT2D eigenvalue weighted by atomic mass is 9.44. The molecular weight excluding hydrogens is 420 g/mol. The molecule has 1 N–H and O–H groups in total. The van der Waals surface area contributed by atoms with Crippen molar-refractivity contribution in [1.82, 2.24) is 0 Å². The van der Waals surface area contributed by atoms with Gasteiger partial charge in [0.15, 0.2) is 0 Å². The van der Waals surface area contributed by atoms with Gasteiger partial charge in [0.05, 0.1) is 6.10 Å². The Balaban J connectivity index is 1.43. The highest BCUT2D eigenvalue weighted by molar-refractivity contribution is 7.80. The third-order valence-electron chi connectivity index (χ3n) is 11.1. The van der Waals surface area contributed by atoms with Gasteiger partial charge >= 0.3 is 10.4 Å². The van der Waals surface area contributed by atoms with E-state index < -0.39 is 10.4 Å². The molecule has 0 aromatic carbocycles. The van der Waals surface area contributed by atoms with Gasteiger partial charge in [-0.25, -0.2) is 4.18 Å². The third-order valence-corrected chi connectivity index (χ3v) is 11.6. The van der Waals surface area contributed by atoms with Crippen LogP contribution in [0.2, 0.25) is 0 Å². The van der Waals surface area contributed by atoms with Crippen LogP contribution in [-0.2, 0) is 14.6 Å². The number of fused-ring (bicyclic) bond motifs is 5. The monoisotopic (exact) mass is 468 g/mol. The molecule has 4 fully saturated rings. The van der Waals surface area contributed by atoms with Crippen molar-refractivity contribution in [2.75, 3.05) is 0 Å². The van der Waals surface area contributed by atoms with Crippen LogP contribution in [0.25, 0.3) is 0 Å². The highest BCUT2D eigenvalue weighted by Crippen LogP contribution is 2.68. The molecule has 0 saturated heterocycles. The Labute approximate surface area is 197 Å². The summed E-state index contributed by atoms with van der Waals surface area (Å²) in [6.07, 6.45) is 14.5. The first kappa shape index (κ1) is 25.0. The maximum Gasteiger partial charge on any atom is 0.397 e. The van der Waals surface area contributed by atoms with E-state index in [0.717, 1.165) is 54.8 Å². The van der Waals surface area contributed by atoms with Crippen molar-refractivity contribution in [3.63, 3.8) is 0 Å². The molecule has 32 heavy (non-hydrogen) atoms. The summed E-state index contributed by atoms with van der Waals surface area (Å²) < 4.78 is 36.6. The summed E-state index contributed by atoms with van der Waals surface area (Å²) in [5.41, 5.74) is 0.831. The second kappa shape index (κ2) is 9.15. The van der Waals surface area contributed by atoms with E-state index in [9.17, 15) is 8.42 Å². The molecule has 5 heteroatoms. The van der Waals surface area contributed by atoms with Crippen molar-refractivity contribution < 1.29 is 17.2 Å². The van der Waals surface area contributed by atoms with Gasteiger partial charge < -0.3 is 0 Å². The maximum absolute atomic E-state index is 11.2. The minimum Gasteiger partial charge on any atom is -0.264 e. The zero-order valence-corrected chi connectivity index (χ0v) is 22.0. The molecule has 0 aliphatic heterocycles. The van der Waals surface area contributed by atoms with E-state index in [2.05, 4.69) is 34.6 Å². The van der Waals surface area contributed by atoms with Gasteiger partial charge in [-0.3, -0.25) is 4.55 Å². The number of hydrogen-bond acceptors (Lipinski definition) is 3. The Morgan fingerprint density at radius 3 is 2.28 bits per heavy atom. The summed E-state index contributed by atoms with van der Waals surface area (Å²) in [6, 6.07) is 0. The lowest BCUT2D eigenvalue weighted by molar-refractivity contribution is -0.127. The fraction of sp³-hybridized carbons (Fsp3) is 1.00. The van der Waals surface area contributed by atoms with Gasteiger partial charge in [0.2, 0.25) is 0 Å². The van der Waals surface area contributed by atoms with Crippen LogP contribution in [0.1, 0.15) is 112 Å². The fourth-order valence-electron chi connectivity index (χ4n) is 9.50. The van der Waals surface area contributed by atoms with Gasteiger partial charge in [-0.2, -0.15) is 8.42 Å². The minimum absolute atomic E-state index is 0.310. The Hall–Kier alpha value is -0.130. The molecule has 0 heterocycles. The van der Waals surface area contributed by atoms with E-state index in [4.69, 9.17) is 8.74 Å². The molecule has 0 bridgehead atoms. The second-order valence-electron chi connectivity index (χ2n) is 13.1. The predicted molar refractivity (Wildman–Crippen MR) is 129 cm³/mol. The molecule has 186 valence electrons. The van der Waals surface area contributed by atoms with Gasteiger partial charge in [0.25, 0.3) is 0 Å². The lowest BCUT2D eigenvalue weighted by Crippen LogP contribution is -2.54. The smallest absolute Gasteiger partial charge is 0.264 e. The molecule has 4 aliphatic carbocycles. The molecule has 0 radical (unpaired) electrons. The SMILES string of the molecule is CC(C)CCC[C@@H](C)C1CC[C@H]2[C@@H]3CC[C@H]4C[C@@H](OS(=O)(=O)O)CC[C@]4(C)[C@H]3CC[C@]12C. The highest BCUT2D eigenvalue weighted by atomic mass is 32.3. The van der Waals surface area contributed by atoms with Crippen molar-refractivity contribution >= 4 is 10.4 Å². The van der Waals surface area contributed by atoms with Gasteiger partial charge in [-0.05, 0) is 110 Å². The summed E-state index contributed by atoms with van der Waals surface area (Å²) in [4.78, 5) is 0. The molecule has 0 aromatic rings. The van der Waals surface area contributed by atoms with Crippen molar-refractivity contribution in [2.24, 2.45) is 52.3 Å². The molecule has 9 atom stereocenters. The van der Waals surface area contributed by atoms with Crippen molar-refractivity contribution in [3.05, 3.63) is 0 Å². The minimum atomic E-state index is -4.35. The number of rotatable bonds is 7. The quantitative estimate of drug-likeness (QED) is 0.398. The molecule has 4 aliphatic rings. The first-order chi connectivity index (χ1) is 14.9. The van der Waals surface area contributed by atoms with Crippen LogP contribution in [0.5, 0.6) is 0 Å². The molecule has 1 unspecified atom stereocenters. The average molecular weight is 469 g/mol. The summed E-state index contributed by atoms with van der Waals surface area (Å²) in [5.74, 6) is 5.59. The summed E-state index contributed by atoms with van der Waals surface area (Å²) in [6.45, 7) is 12.4. The average Bonchev–Trinajstić information content (AvgIpc) is 3.04. The second-order valence-corrected chi connectivity index (χ2v) is 14.2. The van der Waals surface area contributed by atoms with E-state index in [-0.39, 0.29) is 6.10 Å². The van der Waals surface area contributed by atoms with Crippen molar-refractivity contribution in [3.8, 4) is 0 Å². The lowest BCUT2D eigenvalue weighted by Gasteiger charge is -2.61. The zero-order chi connectivity index (χ0) is 23.3. The van der Waals surface area contributed by atoms with Crippen LogP contribution in [0.15, 0.2) is 0 Å². The van der Waals surface area contributed by atoms with Crippen LogP contribution in [0.3, 0.4) is 0 Å². The summed E-state index contributed by atoms with van der Waals surface area (Å²) in [5, 5.41) is 0. The first-order valence-electron chi connectivity index (χ1n) is 13.6. The Kier molecular flexibility index (Phi) is 7.14. The van der Waals surface area contributed by atoms with Gasteiger partial charge in [-0.1, -0.05) is 53.9 Å². The van der Waals surface area contributed by atoms with Gasteiger partial charge in [0.1, 0.15) is 0 Å². The van der Waals surface area contributed by atoms with Crippen LogP contribution in [0.4, 0.5) is 0 Å². The highest BCUT2D eigenvalue weighted by Gasteiger charge is 2.60. The van der Waals surface area contributed by atoms with Crippen LogP contribution in [-0.4, -0.2) is 19.1 Å². The standard InChI is InChI=1S/C27H48O4S/c1-18(2)7-6-8-19(3)23-11-12-24-22-10-9-20-17-21(31-32(28,29)30)13-15-26(20,4)25(22)14-16-27(23,24)5/h18-25H,6-17H2,1-5H3,(H,28,29,30)/t19-,20+,21+,22+,23?,24+,25+,26+,27-/m1/s1. The van der Waals surface area contributed by atoms with E-state index in [1.165, 1.54) is 57.8 Å². The molecule has 4 saturated carbocycles. The Morgan fingerprint density at radius 2 is 1.59 bits per heavy atom. The molecule has 0 aromatic heterocycles. The predicted octanol–water partition coefficient (Wildman–Crippen LogP) is 7.30. The molecule has 4 rings (SSSR count). The largest absolute Gasteiger partial charge is 0.397 e.